The molecule has 0 aliphatic carbocycles. The van der Waals surface area contributed by atoms with Crippen LogP contribution in [0.3, 0.4) is 0 Å². The van der Waals surface area contributed by atoms with Crippen molar-refractivity contribution in [3.63, 3.8) is 0 Å². The Labute approximate surface area is 190 Å². The lowest BCUT2D eigenvalue weighted by atomic mass is 10.1. The number of piperazine rings is 1. The highest BCUT2D eigenvalue weighted by molar-refractivity contribution is 6.08. The minimum atomic E-state index is -0.364. The second-order valence-electron chi connectivity index (χ2n) is 8.13. The molecule has 0 unspecified atom stereocenters. The number of aromatic nitrogens is 2. The summed E-state index contributed by atoms with van der Waals surface area (Å²) < 4.78 is 19.1. The summed E-state index contributed by atoms with van der Waals surface area (Å²) >= 11 is 0. The van der Waals surface area contributed by atoms with Gasteiger partial charge >= 0.3 is 0 Å². The smallest absolute Gasteiger partial charge is 0.256 e. The van der Waals surface area contributed by atoms with Crippen LogP contribution in [0.25, 0.3) is 10.9 Å². The lowest BCUT2D eigenvalue weighted by Gasteiger charge is -2.34. The van der Waals surface area contributed by atoms with E-state index in [0.29, 0.717) is 28.4 Å². The molecule has 0 spiro atoms. The monoisotopic (exact) mass is 445 g/mol. The summed E-state index contributed by atoms with van der Waals surface area (Å²) in [6.45, 7) is 4.02. The van der Waals surface area contributed by atoms with Crippen LogP contribution in [-0.2, 0) is 0 Å². The first-order chi connectivity index (χ1) is 16.0. The predicted molar refractivity (Wildman–Crippen MR) is 127 cm³/mol. The van der Waals surface area contributed by atoms with E-state index in [1.54, 1.807) is 30.3 Å². The van der Waals surface area contributed by atoms with Gasteiger partial charge in [-0.2, -0.15) is 5.10 Å². The maximum absolute atomic E-state index is 13.4. The Morgan fingerprint density at radius 1 is 1.00 bits per heavy atom. The quantitative estimate of drug-likeness (QED) is 0.473. The fourth-order valence-corrected chi connectivity index (χ4v) is 3.89. The van der Waals surface area contributed by atoms with Crippen molar-refractivity contribution in [2.75, 3.05) is 43.4 Å². The number of ether oxygens (including phenoxy) is 1. The average Bonchev–Trinajstić information content (AvgIpc) is 3.21. The Bertz CT molecular complexity index is 1280. The number of carbonyl (C=O) groups is 1. The maximum atomic E-state index is 13.4. The van der Waals surface area contributed by atoms with E-state index in [1.807, 2.05) is 24.3 Å². The third-order valence-electron chi connectivity index (χ3n) is 5.80. The number of nitrogens with zero attached hydrogens (tertiary/aromatic N) is 3. The van der Waals surface area contributed by atoms with Crippen LogP contribution in [0.1, 0.15) is 10.4 Å². The van der Waals surface area contributed by atoms with Crippen molar-refractivity contribution in [1.29, 1.82) is 0 Å². The van der Waals surface area contributed by atoms with Crippen LogP contribution in [0.2, 0.25) is 0 Å². The van der Waals surface area contributed by atoms with E-state index in [1.165, 1.54) is 12.1 Å². The number of nitrogens with one attached hydrogen (secondary N) is 2. The molecule has 1 saturated heterocycles. The molecule has 4 aromatic rings. The lowest BCUT2D eigenvalue weighted by molar-refractivity contribution is 0.102. The molecule has 8 heteroatoms. The molecule has 1 aromatic heterocycles. The molecule has 33 heavy (non-hydrogen) atoms. The Morgan fingerprint density at radius 2 is 1.76 bits per heavy atom. The van der Waals surface area contributed by atoms with Crippen LogP contribution >= 0.6 is 0 Å². The van der Waals surface area contributed by atoms with Crippen molar-refractivity contribution >= 4 is 28.3 Å². The largest absolute Gasteiger partial charge is 0.457 e. The van der Waals surface area contributed by atoms with Gasteiger partial charge in [0.2, 0.25) is 0 Å². The number of rotatable bonds is 5. The zero-order chi connectivity index (χ0) is 22.8. The van der Waals surface area contributed by atoms with Gasteiger partial charge in [-0.1, -0.05) is 6.07 Å². The van der Waals surface area contributed by atoms with Gasteiger partial charge < -0.3 is 19.9 Å². The molecular formula is C25H24FN5O2. The fourth-order valence-electron chi connectivity index (χ4n) is 3.89. The van der Waals surface area contributed by atoms with Gasteiger partial charge in [-0.3, -0.25) is 9.89 Å². The number of benzene rings is 3. The summed E-state index contributed by atoms with van der Waals surface area (Å²) in [5.41, 5.74) is 2.38. The number of aromatic amines is 1. The van der Waals surface area contributed by atoms with E-state index in [0.717, 1.165) is 37.3 Å². The standard InChI is InChI=1S/C25H24FN5O2/c1-30-11-13-31(14-12-30)19-7-5-17(6-8-19)25(32)27-24-22-10-9-21(16-23(22)28-29-24)33-20-4-2-3-18(26)15-20/h2-10,15-16H,11-14H2,1H3,(H2,27,28,29,32). The Balaban J connectivity index is 1.27. The van der Waals surface area contributed by atoms with Gasteiger partial charge in [0.25, 0.3) is 5.91 Å². The van der Waals surface area contributed by atoms with Crippen molar-refractivity contribution < 1.29 is 13.9 Å². The Morgan fingerprint density at radius 3 is 2.52 bits per heavy atom. The van der Waals surface area contributed by atoms with Crippen LogP contribution in [0, 0.1) is 5.82 Å². The molecule has 2 N–H and O–H groups in total. The second-order valence-corrected chi connectivity index (χ2v) is 8.13. The number of fused-ring (bicyclic) bond motifs is 1. The van der Waals surface area contributed by atoms with Crippen LogP contribution in [0.4, 0.5) is 15.9 Å². The van der Waals surface area contributed by atoms with Crippen molar-refractivity contribution in [2.24, 2.45) is 0 Å². The first-order valence-electron chi connectivity index (χ1n) is 10.8. The van der Waals surface area contributed by atoms with E-state index < -0.39 is 0 Å². The van der Waals surface area contributed by atoms with Gasteiger partial charge in [0, 0.05) is 54.9 Å². The van der Waals surface area contributed by atoms with Crippen molar-refractivity contribution in [3.8, 4) is 11.5 Å². The topological polar surface area (TPSA) is 73.5 Å². The van der Waals surface area contributed by atoms with Gasteiger partial charge in [-0.15, -0.1) is 0 Å². The molecule has 0 radical (unpaired) electrons. The maximum Gasteiger partial charge on any atom is 0.256 e. The number of likely N-dealkylation sites (N-methyl/N-ethyl adjacent to an activating group) is 1. The highest BCUT2D eigenvalue weighted by Gasteiger charge is 2.16. The minimum Gasteiger partial charge on any atom is -0.457 e. The SMILES string of the molecule is CN1CCN(c2ccc(C(=O)Nc3n[nH]c4cc(Oc5cccc(F)c5)ccc34)cc2)CC1. The molecule has 1 amide bonds. The zero-order valence-corrected chi connectivity index (χ0v) is 18.2. The van der Waals surface area contributed by atoms with Crippen LogP contribution < -0.4 is 15.0 Å². The molecule has 5 rings (SSSR count). The highest BCUT2D eigenvalue weighted by Crippen LogP contribution is 2.28. The Hall–Kier alpha value is -3.91. The van der Waals surface area contributed by atoms with E-state index >= 15 is 0 Å². The summed E-state index contributed by atoms with van der Waals surface area (Å²) in [7, 11) is 2.13. The van der Waals surface area contributed by atoms with E-state index in [9.17, 15) is 9.18 Å². The summed E-state index contributed by atoms with van der Waals surface area (Å²) in [4.78, 5) is 17.4. The summed E-state index contributed by atoms with van der Waals surface area (Å²) in [6, 6.07) is 18.9. The van der Waals surface area contributed by atoms with Crippen molar-refractivity contribution in [1.82, 2.24) is 15.1 Å². The van der Waals surface area contributed by atoms with E-state index in [4.69, 9.17) is 4.74 Å². The first kappa shape index (κ1) is 21.0. The normalized spacial score (nSPS) is 14.4. The fraction of sp³-hybridized carbons (Fsp3) is 0.200. The van der Waals surface area contributed by atoms with Gasteiger partial charge in [0.1, 0.15) is 17.3 Å². The molecule has 168 valence electrons. The molecule has 3 aromatic carbocycles. The number of halogens is 1. The first-order valence-corrected chi connectivity index (χ1v) is 10.8. The highest BCUT2D eigenvalue weighted by atomic mass is 19.1. The molecule has 1 aliphatic rings. The van der Waals surface area contributed by atoms with Crippen LogP contribution in [0.5, 0.6) is 11.5 Å². The number of anilines is 2. The summed E-state index contributed by atoms with van der Waals surface area (Å²) in [5, 5.41) is 10.8. The summed E-state index contributed by atoms with van der Waals surface area (Å²) in [5.74, 6) is 0.789. The van der Waals surface area contributed by atoms with Gasteiger partial charge in [0.15, 0.2) is 5.82 Å². The van der Waals surface area contributed by atoms with Crippen LogP contribution in [0.15, 0.2) is 66.7 Å². The third-order valence-corrected chi connectivity index (χ3v) is 5.80. The number of H-pyrrole nitrogens is 1. The summed E-state index contributed by atoms with van der Waals surface area (Å²) in [6.07, 6.45) is 0. The number of amides is 1. The molecule has 7 nitrogen and oxygen atoms in total. The zero-order valence-electron chi connectivity index (χ0n) is 18.2. The minimum absolute atomic E-state index is 0.228. The van der Waals surface area contributed by atoms with Crippen molar-refractivity contribution in [3.05, 3.63) is 78.1 Å². The predicted octanol–water partition coefficient (Wildman–Crippen LogP) is 4.50. The van der Waals surface area contributed by atoms with Gasteiger partial charge in [-0.05, 0) is 55.6 Å². The molecule has 1 fully saturated rings. The third kappa shape index (κ3) is 4.65. The molecule has 0 saturated carbocycles. The number of carbonyl (C=O) groups excluding carboxylic acids is 1. The Kier molecular flexibility index (Phi) is 5.66. The number of hydrogen-bond donors (Lipinski definition) is 2. The van der Waals surface area contributed by atoms with Gasteiger partial charge in [0.05, 0.1) is 5.52 Å². The molecule has 0 atom stereocenters. The van der Waals surface area contributed by atoms with E-state index in [-0.39, 0.29) is 11.7 Å². The van der Waals surface area contributed by atoms with Crippen LogP contribution in [-0.4, -0.2) is 54.2 Å². The molecule has 0 bridgehead atoms. The average molecular weight is 445 g/mol. The lowest BCUT2D eigenvalue weighted by Crippen LogP contribution is -2.44. The van der Waals surface area contributed by atoms with E-state index in [2.05, 4.69) is 32.4 Å². The molecular weight excluding hydrogens is 421 g/mol. The second kappa shape index (κ2) is 8.91. The number of hydrogen-bond acceptors (Lipinski definition) is 5. The molecule has 2 heterocycles. The van der Waals surface area contributed by atoms with Gasteiger partial charge in [-0.25, -0.2) is 4.39 Å². The van der Waals surface area contributed by atoms with Crippen molar-refractivity contribution in [2.45, 2.75) is 0 Å². The molecule has 1 aliphatic heterocycles.